The van der Waals surface area contributed by atoms with Crippen molar-refractivity contribution in [1.29, 1.82) is 0 Å². The lowest BCUT2D eigenvalue weighted by atomic mass is 9.95. The highest BCUT2D eigenvalue weighted by Gasteiger charge is 2.28. The van der Waals surface area contributed by atoms with Crippen molar-refractivity contribution < 1.29 is 19.1 Å². The highest BCUT2D eigenvalue weighted by molar-refractivity contribution is 6.30. The Morgan fingerprint density at radius 1 is 1.00 bits per heavy atom. The quantitative estimate of drug-likeness (QED) is 0.750. The molecule has 6 nitrogen and oxygen atoms in total. The second kappa shape index (κ2) is 9.56. The molecule has 2 aromatic rings. The summed E-state index contributed by atoms with van der Waals surface area (Å²) in [7, 11) is 0. The number of benzene rings is 2. The highest BCUT2D eigenvalue weighted by atomic mass is 35.5. The Kier molecular flexibility index (Phi) is 6.88. The van der Waals surface area contributed by atoms with Crippen LogP contribution in [-0.4, -0.2) is 42.4 Å². The number of nitrogens with one attached hydrogen (secondary N) is 1. The van der Waals surface area contributed by atoms with E-state index in [0.717, 1.165) is 0 Å². The van der Waals surface area contributed by atoms with Gasteiger partial charge in [0.1, 0.15) is 0 Å². The van der Waals surface area contributed by atoms with Crippen molar-refractivity contribution in [3.05, 3.63) is 64.7 Å². The minimum atomic E-state index is -0.386. The van der Waals surface area contributed by atoms with Gasteiger partial charge in [-0.2, -0.15) is 0 Å². The van der Waals surface area contributed by atoms with Gasteiger partial charge in [-0.15, -0.1) is 0 Å². The molecule has 0 aromatic heterocycles. The summed E-state index contributed by atoms with van der Waals surface area (Å²) in [5, 5.41) is 3.47. The molecule has 7 heteroatoms. The molecular weight excluding hydrogens is 392 g/mol. The third kappa shape index (κ3) is 5.35. The summed E-state index contributed by atoms with van der Waals surface area (Å²) in [4.78, 5) is 38.6. The van der Waals surface area contributed by atoms with E-state index in [9.17, 15) is 14.4 Å². The second-order valence-corrected chi connectivity index (χ2v) is 7.30. The van der Waals surface area contributed by atoms with Crippen molar-refractivity contribution >= 4 is 35.1 Å². The van der Waals surface area contributed by atoms with Crippen molar-refractivity contribution in [3.8, 4) is 0 Å². The summed E-state index contributed by atoms with van der Waals surface area (Å²) in [6.45, 7) is 3.13. The number of nitrogens with zero attached hydrogens (tertiary/aromatic N) is 1. The van der Waals surface area contributed by atoms with Crippen LogP contribution in [-0.2, 0) is 9.53 Å². The third-order valence-electron chi connectivity index (χ3n) is 4.91. The van der Waals surface area contributed by atoms with Crippen LogP contribution in [0.25, 0.3) is 0 Å². The van der Waals surface area contributed by atoms with Gasteiger partial charge in [-0.1, -0.05) is 11.6 Å². The van der Waals surface area contributed by atoms with Crippen molar-refractivity contribution in [2.75, 3.05) is 25.0 Å². The standard InChI is InChI=1S/C22H23ClN2O4/c1-2-29-22(28)17-5-9-19(10-6-17)24-20(26)15-11-13-25(14-12-15)21(27)16-3-7-18(23)8-4-16/h3-10,15H,2,11-14H2,1H3,(H,24,26). The average molecular weight is 415 g/mol. The Morgan fingerprint density at radius 3 is 2.17 bits per heavy atom. The summed E-state index contributed by atoms with van der Waals surface area (Å²) >= 11 is 5.87. The van der Waals surface area contributed by atoms with Crippen molar-refractivity contribution in [3.63, 3.8) is 0 Å². The zero-order chi connectivity index (χ0) is 20.8. The molecule has 0 atom stereocenters. The zero-order valence-electron chi connectivity index (χ0n) is 16.2. The first-order valence-electron chi connectivity index (χ1n) is 9.61. The van der Waals surface area contributed by atoms with Crippen molar-refractivity contribution in [1.82, 2.24) is 4.90 Å². The number of amides is 2. The second-order valence-electron chi connectivity index (χ2n) is 6.86. The van der Waals surface area contributed by atoms with Crippen LogP contribution in [0, 0.1) is 5.92 Å². The van der Waals surface area contributed by atoms with Crippen molar-refractivity contribution in [2.24, 2.45) is 5.92 Å². The molecule has 0 aliphatic carbocycles. The number of ether oxygens (including phenoxy) is 1. The number of anilines is 1. The molecule has 1 heterocycles. The summed E-state index contributed by atoms with van der Waals surface area (Å²) in [6.07, 6.45) is 1.21. The Labute approximate surface area is 174 Å². The summed E-state index contributed by atoms with van der Waals surface area (Å²) in [5.74, 6) is -0.667. The van der Waals surface area contributed by atoms with Gasteiger partial charge in [0.05, 0.1) is 12.2 Å². The van der Waals surface area contributed by atoms with Gasteiger partial charge in [0, 0.05) is 35.3 Å². The number of esters is 1. The fourth-order valence-corrected chi connectivity index (χ4v) is 3.39. The van der Waals surface area contributed by atoms with Gasteiger partial charge >= 0.3 is 5.97 Å². The van der Waals surface area contributed by atoms with Gasteiger partial charge in [0.2, 0.25) is 5.91 Å². The summed E-state index contributed by atoms with van der Waals surface area (Å²) in [5.41, 5.74) is 1.67. The number of carbonyl (C=O) groups excluding carboxylic acids is 3. The van der Waals surface area contributed by atoms with E-state index in [2.05, 4.69) is 5.32 Å². The minimum absolute atomic E-state index is 0.0462. The fourth-order valence-electron chi connectivity index (χ4n) is 3.27. The molecule has 1 aliphatic heterocycles. The van der Waals surface area contributed by atoms with Crippen molar-refractivity contribution in [2.45, 2.75) is 19.8 Å². The number of likely N-dealkylation sites (tertiary alicyclic amines) is 1. The highest BCUT2D eigenvalue weighted by Crippen LogP contribution is 2.22. The smallest absolute Gasteiger partial charge is 0.338 e. The molecule has 2 aromatic carbocycles. The topological polar surface area (TPSA) is 75.7 Å². The van der Waals surface area contributed by atoms with Gasteiger partial charge in [0.15, 0.2) is 0 Å². The largest absolute Gasteiger partial charge is 0.462 e. The Bertz CT molecular complexity index is 873. The normalized spacial score (nSPS) is 14.3. The van der Waals surface area contributed by atoms with E-state index in [1.807, 2.05) is 0 Å². The van der Waals surface area contributed by atoms with Crippen LogP contribution in [0.5, 0.6) is 0 Å². The predicted octanol–water partition coefficient (Wildman–Crippen LogP) is 4.01. The van der Waals surface area contributed by atoms with Gasteiger partial charge < -0.3 is 15.0 Å². The van der Waals surface area contributed by atoms with E-state index in [-0.39, 0.29) is 23.7 Å². The van der Waals surface area contributed by atoms with Crippen LogP contribution < -0.4 is 5.32 Å². The maximum absolute atomic E-state index is 12.6. The van der Waals surface area contributed by atoms with Crippen LogP contribution in [0.1, 0.15) is 40.5 Å². The molecule has 0 spiro atoms. The molecule has 3 rings (SSSR count). The van der Waals surface area contributed by atoms with E-state index in [1.165, 1.54) is 0 Å². The van der Waals surface area contributed by atoms with E-state index in [4.69, 9.17) is 16.3 Å². The van der Waals surface area contributed by atoms with Gasteiger partial charge in [-0.3, -0.25) is 9.59 Å². The van der Waals surface area contributed by atoms with Gasteiger partial charge in [0.25, 0.3) is 5.91 Å². The Morgan fingerprint density at radius 2 is 1.59 bits per heavy atom. The van der Waals surface area contributed by atoms with Crippen LogP contribution in [0.2, 0.25) is 5.02 Å². The number of hydrogen-bond donors (Lipinski definition) is 1. The first-order chi connectivity index (χ1) is 14.0. The number of hydrogen-bond acceptors (Lipinski definition) is 4. The zero-order valence-corrected chi connectivity index (χ0v) is 16.9. The molecule has 0 saturated carbocycles. The third-order valence-corrected chi connectivity index (χ3v) is 5.16. The van der Waals surface area contributed by atoms with E-state index >= 15 is 0 Å². The molecule has 0 bridgehead atoms. The first kappa shape index (κ1) is 20.9. The molecule has 0 unspecified atom stereocenters. The lowest BCUT2D eigenvalue weighted by Gasteiger charge is -2.31. The Balaban J connectivity index is 1.51. The van der Waals surface area contributed by atoms with E-state index < -0.39 is 0 Å². The molecule has 152 valence electrons. The van der Waals surface area contributed by atoms with E-state index in [1.54, 1.807) is 60.4 Å². The lowest BCUT2D eigenvalue weighted by molar-refractivity contribution is -0.121. The van der Waals surface area contributed by atoms with Crippen LogP contribution >= 0.6 is 11.6 Å². The van der Waals surface area contributed by atoms with Crippen LogP contribution in [0.4, 0.5) is 5.69 Å². The molecule has 1 aliphatic rings. The number of piperidine rings is 1. The number of rotatable bonds is 5. The number of halogens is 1. The SMILES string of the molecule is CCOC(=O)c1ccc(NC(=O)C2CCN(C(=O)c3ccc(Cl)cc3)CC2)cc1. The first-order valence-corrected chi connectivity index (χ1v) is 9.98. The van der Waals surface area contributed by atoms with Crippen LogP contribution in [0.15, 0.2) is 48.5 Å². The van der Waals surface area contributed by atoms with Gasteiger partial charge in [-0.05, 0) is 68.3 Å². The fraction of sp³-hybridized carbons (Fsp3) is 0.318. The molecule has 1 saturated heterocycles. The molecule has 29 heavy (non-hydrogen) atoms. The summed E-state index contributed by atoms with van der Waals surface area (Å²) < 4.78 is 4.95. The molecular formula is C22H23ClN2O4. The molecule has 1 fully saturated rings. The minimum Gasteiger partial charge on any atom is -0.462 e. The molecule has 2 amide bonds. The summed E-state index contributed by atoms with van der Waals surface area (Å²) in [6, 6.07) is 13.4. The van der Waals surface area contributed by atoms with Gasteiger partial charge in [-0.25, -0.2) is 4.79 Å². The van der Waals surface area contributed by atoms with E-state index in [0.29, 0.717) is 54.4 Å². The van der Waals surface area contributed by atoms with Crippen LogP contribution in [0.3, 0.4) is 0 Å². The lowest BCUT2D eigenvalue weighted by Crippen LogP contribution is -2.41. The molecule has 1 N–H and O–H groups in total. The number of carbonyl (C=O) groups is 3. The maximum Gasteiger partial charge on any atom is 0.338 e. The average Bonchev–Trinajstić information content (AvgIpc) is 2.74. The Hall–Kier alpha value is -2.86. The predicted molar refractivity (Wildman–Crippen MR) is 111 cm³/mol. The maximum atomic E-state index is 12.6. The molecule has 0 radical (unpaired) electrons. The monoisotopic (exact) mass is 414 g/mol.